The van der Waals surface area contributed by atoms with Gasteiger partial charge in [-0.3, -0.25) is 0 Å². The second-order valence-electron chi connectivity index (χ2n) is 5.03. The average Bonchev–Trinajstić information content (AvgIpc) is 2.46. The van der Waals surface area contributed by atoms with Crippen LogP contribution in [-0.4, -0.2) is 16.6 Å². The van der Waals surface area contributed by atoms with Crippen molar-refractivity contribution in [3.8, 4) is 0 Å². The number of hydrazine groups is 1. The first-order valence-electron chi connectivity index (χ1n) is 6.75. The van der Waals surface area contributed by atoms with E-state index >= 15 is 0 Å². The maximum Gasteiger partial charge on any atom is 0.149 e. The third-order valence-corrected chi connectivity index (χ3v) is 3.45. The maximum atomic E-state index is 5.56. The molecule has 0 unspecified atom stereocenters. The van der Waals surface area contributed by atoms with E-state index < -0.39 is 0 Å². The van der Waals surface area contributed by atoms with Crippen molar-refractivity contribution in [2.45, 2.75) is 26.4 Å². The number of nitrogen functional groups attached to an aromatic ring is 1. The van der Waals surface area contributed by atoms with Crippen LogP contribution in [0.15, 0.2) is 24.3 Å². The van der Waals surface area contributed by atoms with Crippen LogP contribution in [0.4, 0.5) is 5.82 Å². The van der Waals surface area contributed by atoms with Crippen LogP contribution in [0, 0.1) is 6.92 Å². The number of hydrogen-bond donors (Lipinski definition) is 2. The molecule has 20 heavy (non-hydrogen) atoms. The van der Waals surface area contributed by atoms with Crippen LogP contribution in [0.5, 0.6) is 0 Å². The third kappa shape index (κ3) is 2.64. The number of nitrogens with zero attached hydrogens (tertiary/aromatic N) is 2. The molecule has 3 N–H and O–H groups in total. The highest BCUT2D eigenvalue weighted by atomic mass is 16.5. The number of benzene rings is 1. The number of fused-ring (bicyclic) bond motifs is 1. The van der Waals surface area contributed by atoms with Gasteiger partial charge in [-0.25, -0.2) is 15.8 Å². The Morgan fingerprint density at radius 2 is 2.25 bits per heavy atom. The normalized spacial score (nSPS) is 13.9. The van der Waals surface area contributed by atoms with E-state index in [9.17, 15) is 0 Å². The second kappa shape index (κ2) is 5.56. The first kappa shape index (κ1) is 13.0. The Balaban J connectivity index is 1.94. The standard InChI is InChI=1S/C15H18N4O/c1-10-3-2-4-11(7-10)8-14-17-13-5-6-20-9-12(13)15(18-14)19-16/h2-4,7H,5-6,8-9,16H2,1H3,(H,17,18,19). The molecule has 1 aliphatic heterocycles. The zero-order valence-electron chi connectivity index (χ0n) is 11.5. The molecule has 5 heteroatoms. The molecule has 1 aromatic heterocycles. The highest BCUT2D eigenvalue weighted by Crippen LogP contribution is 2.22. The molecule has 3 rings (SSSR count). The molecule has 0 aliphatic carbocycles. The van der Waals surface area contributed by atoms with Crippen molar-refractivity contribution < 1.29 is 4.74 Å². The van der Waals surface area contributed by atoms with E-state index in [1.54, 1.807) is 0 Å². The predicted octanol–water partition coefficient (Wildman–Crippen LogP) is 1.73. The van der Waals surface area contributed by atoms with E-state index in [1.165, 1.54) is 11.1 Å². The van der Waals surface area contributed by atoms with E-state index in [0.717, 1.165) is 23.5 Å². The van der Waals surface area contributed by atoms with Gasteiger partial charge in [0.1, 0.15) is 11.6 Å². The first-order chi connectivity index (χ1) is 9.76. The Hall–Kier alpha value is -1.98. The summed E-state index contributed by atoms with van der Waals surface area (Å²) in [6.07, 6.45) is 1.53. The second-order valence-corrected chi connectivity index (χ2v) is 5.03. The monoisotopic (exact) mass is 270 g/mol. The fourth-order valence-electron chi connectivity index (χ4n) is 2.49. The molecule has 1 aromatic carbocycles. The number of aromatic nitrogens is 2. The lowest BCUT2D eigenvalue weighted by Gasteiger charge is -2.19. The van der Waals surface area contributed by atoms with Crippen LogP contribution in [0.25, 0.3) is 0 Å². The van der Waals surface area contributed by atoms with Crippen LogP contribution in [0.3, 0.4) is 0 Å². The SMILES string of the molecule is Cc1cccc(Cc2nc3c(c(NN)n2)COCC3)c1. The summed E-state index contributed by atoms with van der Waals surface area (Å²) in [6, 6.07) is 8.39. The summed E-state index contributed by atoms with van der Waals surface area (Å²) in [7, 11) is 0. The zero-order valence-corrected chi connectivity index (χ0v) is 11.5. The number of aryl methyl sites for hydroxylation is 1. The smallest absolute Gasteiger partial charge is 0.149 e. The minimum Gasteiger partial charge on any atom is -0.376 e. The van der Waals surface area contributed by atoms with Crippen molar-refractivity contribution in [1.82, 2.24) is 9.97 Å². The molecular weight excluding hydrogens is 252 g/mol. The van der Waals surface area contributed by atoms with Crippen LogP contribution < -0.4 is 11.3 Å². The van der Waals surface area contributed by atoms with Crippen molar-refractivity contribution in [2.24, 2.45) is 5.84 Å². The predicted molar refractivity (Wildman–Crippen MR) is 77.2 cm³/mol. The molecule has 0 spiro atoms. The molecule has 0 atom stereocenters. The number of anilines is 1. The van der Waals surface area contributed by atoms with Crippen LogP contribution >= 0.6 is 0 Å². The molecular formula is C15H18N4O. The van der Waals surface area contributed by atoms with Crippen molar-refractivity contribution in [3.63, 3.8) is 0 Å². The van der Waals surface area contributed by atoms with Gasteiger partial charge in [0.25, 0.3) is 0 Å². The lowest BCUT2D eigenvalue weighted by Crippen LogP contribution is -2.20. The van der Waals surface area contributed by atoms with Gasteiger partial charge in [-0.15, -0.1) is 0 Å². The molecule has 1 aliphatic rings. The Bertz CT molecular complexity index is 610. The fraction of sp³-hybridized carbons (Fsp3) is 0.333. The van der Waals surface area contributed by atoms with Gasteiger partial charge in [0.2, 0.25) is 0 Å². The molecule has 0 amide bonds. The lowest BCUT2D eigenvalue weighted by atomic mass is 10.1. The molecule has 0 saturated carbocycles. The summed E-state index contributed by atoms with van der Waals surface area (Å²) < 4.78 is 5.44. The number of nitrogens with two attached hydrogens (primary N) is 1. The largest absolute Gasteiger partial charge is 0.376 e. The summed E-state index contributed by atoms with van der Waals surface area (Å²) in [6.45, 7) is 3.32. The van der Waals surface area contributed by atoms with Gasteiger partial charge in [-0.2, -0.15) is 0 Å². The molecule has 104 valence electrons. The Morgan fingerprint density at radius 3 is 3.05 bits per heavy atom. The van der Waals surface area contributed by atoms with Gasteiger partial charge < -0.3 is 10.2 Å². The highest BCUT2D eigenvalue weighted by Gasteiger charge is 2.17. The zero-order chi connectivity index (χ0) is 13.9. The number of nitrogens with one attached hydrogen (secondary N) is 1. The van der Waals surface area contributed by atoms with E-state index in [0.29, 0.717) is 25.5 Å². The molecule has 2 aromatic rings. The van der Waals surface area contributed by atoms with E-state index in [-0.39, 0.29) is 0 Å². The lowest BCUT2D eigenvalue weighted by molar-refractivity contribution is 0.109. The molecule has 0 bridgehead atoms. The van der Waals surface area contributed by atoms with Crippen LogP contribution in [0.2, 0.25) is 0 Å². The fourth-order valence-corrected chi connectivity index (χ4v) is 2.49. The maximum absolute atomic E-state index is 5.56. The summed E-state index contributed by atoms with van der Waals surface area (Å²) in [4.78, 5) is 9.16. The van der Waals surface area contributed by atoms with Crippen molar-refractivity contribution >= 4 is 5.82 Å². The van der Waals surface area contributed by atoms with Gasteiger partial charge >= 0.3 is 0 Å². The quantitative estimate of drug-likeness (QED) is 0.656. The summed E-state index contributed by atoms with van der Waals surface area (Å²) >= 11 is 0. The molecule has 5 nitrogen and oxygen atoms in total. The average molecular weight is 270 g/mol. The van der Waals surface area contributed by atoms with Crippen molar-refractivity contribution in [3.05, 3.63) is 52.5 Å². The van der Waals surface area contributed by atoms with Gasteiger partial charge in [-0.05, 0) is 12.5 Å². The Kier molecular flexibility index (Phi) is 3.62. The van der Waals surface area contributed by atoms with Crippen LogP contribution in [-0.2, 0) is 24.2 Å². The molecule has 0 radical (unpaired) electrons. The number of ether oxygens (including phenoxy) is 1. The number of hydrogen-bond acceptors (Lipinski definition) is 5. The molecule has 2 heterocycles. The minimum absolute atomic E-state index is 0.527. The summed E-state index contributed by atoms with van der Waals surface area (Å²) in [5.74, 6) is 7.04. The summed E-state index contributed by atoms with van der Waals surface area (Å²) in [5.41, 5.74) is 7.13. The number of rotatable bonds is 3. The van der Waals surface area contributed by atoms with Gasteiger partial charge in [0.05, 0.1) is 18.9 Å². The van der Waals surface area contributed by atoms with Gasteiger partial charge in [0, 0.05) is 18.4 Å². The minimum atomic E-state index is 0.527. The highest BCUT2D eigenvalue weighted by molar-refractivity contribution is 5.46. The van der Waals surface area contributed by atoms with Crippen molar-refractivity contribution in [1.29, 1.82) is 0 Å². The Morgan fingerprint density at radius 1 is 1.35 bits per heavy atom. The van der Waals surface area contributed by atoms with Gasteiger partial charge in [0.15, 0.2) is 0 Å². The van der Waals surface area contributed by atoms with Gasteiger partial charge in [-0.1, -0.05) is 29.8 Å². The van der Waals surface area contributed by atoms with Crippen molar-refractivity contribution in [2.75, 3.05) is 12.0 Å². The molecule has 0 saturated heterocycles. The summed E-state index contributed by atoms with van der Waals surface area (Å²) in [5, 5.41) is 0. The van der Waals surface area contributed by atoms with Crippen LogP contribution in [0.1, 0.15) is 28.2 Å². The van der Waals surface area contributed by atoms with E-state index in [2.05, 4.69) is 46.6 Å². The van der Waals surface area contributed by atoms with E-state index in [1.807, 2.05) is 0 Å². The third-order valence-electron chi connectivity index (χ3n) is 3.45. The molecule has 0 fully saturated rings. The Labute approximate surface area is 118 Å². The van der Waals surface area contributed by atoms with E-state index in [4.69, 9.17) is 10.6 Å². The topological polar surface area (TPSA) is 73.1 Å². The first-order valence-corrected chi connectivity index (χ1v) is 6.75.